The number of anilines is 6. The van der Waals surface area contributed by atoms with Gasteiger partial charge < -0.3 is 18.9 Å². The molecule has 23 rings (SSSR count). The third kappa shape index (κ3) is 12.2. The van der Waals surface area contributed by atoms with Crippen molar-refractivity contribution in [2.45, 2.75) is 0 Å². The van der Waals surface area contributed by atoms with Crippen LogP contribution in [-0.4, -0.2) is 9.13 Å². The second-order valence-corrected chi connectivity index (χ2v) is 31.7. The Morgan fingerprint density at radius 3 is 0.844 bits per heavy atom. The molecule has 0 aliphatic carbocycles. The Morgan fingerprint density at radius 2 is 0.426 bits per heavy atom. The summed E-state index contributed by atoms with van der Waals surface area (Å²) in [5.41, 5.74) is 31.8. The molecule has 2 heterocycles. The zero-order valence-corrected chi connectivity index (χ0v) is 66.8. The normalized spacial score (nSPS) is 11.6. The molecule has 2 aromatic heterocycles. The van der Waals surface area contributed by atoms with Gasteiger partial charge in [0.05, 0.1) is 33.4 Å². The van der Waals surface area contributed by atoms with Crippen LogP contribution < -0.4 is 9.80 Å². The van der Waals surface area contributed by atoms with E-state index in [1.54, 1.807) is 0 Å². The fraction of sp³-hybridized carbons (Fsp3) is 0. The van der Waals surface area contributed by atoms with Gasteiger partial charge in [-0.2, -0.15) is 0 Å². The van der Waals surface area contributed by atoms with Crippen LogP contribution in [0.4, 0.5) is 34.1 Å². The third-order valence-corrected chi connectivity index (χ3v) is 24.9. The Bertz CT molecular complexity index is 7930. The molecule has 0 spiro atoms. The van der Waals surface area contributed by atoms with Crippen molar-refractivity contribution in [3.63, 3.8) is 0 Å². The van der Waals surface area contributed by atoms with E-state index in [1.807, 2.05) is 0 Å². The zero-order valence-electron chi connectivity index (χ0n) is 66.8. The Labute approximate surface area is 708 Å². The molecule has 0 saturated carbocycles. The quantitative estimate of drug-likeness (QED) is 0.0897. The molecule has 0 unspecified atom stereocenters. The van der Waals surface area contributed by atoms with Gasteiger partial charge in [-0.1, -0.05) is 376 Å². The maximum atomic E-state index is 2.52. The number of rotatable bonds is 16. The standard InChI is InChI=1S/C118H78N4/c1-6-30-79(31-7-1)80-58-60-81(61-59-80)83-66-71-93(72-67-83)120(118-106-51-23-19-47-102(106)100-45-17-21-49-104(100)114(118)87-34-10-3-11-35-87)96-43-27-37-90(77-96)98-54-29-57-111-116(98)108-75-70-88(78-112(108)122(111)92-40-14-5-15-41-92)85-64-62-82(63-65-85)84-68-73-94(74-69-84)119(117-105-50-22-18-46-101(105)99-44-16-20-48-103(99)113(117)86-32-8-2-9-33-86)95-42-26-36-89(76-95)97-53-28-56-110-115(97)107-52-24-25-55-109(107)121(110)91-38-12-4-13-39-91/h1-78H. The van der Waals surface area contributed by atoms with Gasteiger partial charge in [0, 0.05) is 77.6 Å². The lowest BCUT2D eigenvalue weighted by molar-refractivity contribution is 1.18. The molecule has 0 aliphatic heterocycles. The highest BCUT2D eigenvalue weighted by Gasteiger charge is 2.29. The number of hydrogen-bond acceptors (Lipinski definition) is 2. The third-order valence-electron chi connectivity index (χ3n) is 24.9. The topological polar surface area (TPSA) is 16.3 Å². The van der Waals surface area contributed by atoms with Crippen molar-refractivity contribution in [1.29, 1.82) is 0 Å². The summed E-state index contributed by atoms with van der Waals surface area (Å²) < 4.78 is 4.87. The van der Waals surface area contributed by atoms with E-state index in [0.717, 1.165) is 112 Å². The van der Waals surface area contributed by atoms with Gasteiger partial charge in [-0.05, 0) is 207 Å². The molecular formula is C118H78N4. The second kappa shape index (κ2) is 30.1. The summed E-state index contributed by atoms with van der Waals surface area (Å²) in [6.07, 6.45) is 0. The van der Waals surface area contributed by atoms with Crippen molar-refractivity contribution in [2.24, 2.45) is 0 Å². The average Bonchev–Trinajstić information content (AvgIpc) is 1.07. The van der Waals surface area contributed by atoms with Crippen LogP contribution in [0.25, 0.3) is 187 Å². The van der Waals surface area contributed by atoms with E-state index in [4.69, 9.17) is 0 Å². The van der Waals surface area contributed by atoms with E-state index in [2.05, 4.69) is 492 Å². The number of para-hydroxylation sites is 3. The van der Waals surface area contributed by atoms with Crippen LogP contribution in [0.1, 0.15) is 0 Å². The summed E-state index contributed by atoms with van der Waals surface area (Å²) in [4.78, 5) is 5.03. The molecule has 4 nitrogen and oxygen atoms in total. The lowest BCUT2D eigenvalue weighted by Gasteiger charge is -2.31. The predicted octanol–water partition coefficient (Wildman–Crippen LogP) is 32.8. The minimum absolute atomic E-state index is 1.05. The molecule has 570 valence electrons. The highest BCUT2D eigenvalue weighted by atomic mass is 15.2. The van der Waals surface area contributed by atoms with Crippen LogP contribution in [0.15, 0.2) is 473 Å². The molecule has 0 fully saturated rings. The largest absolute Gasteiger partial charge is 0.309 e. The SMILES string of the molecule is c1ccc(-c2ccc(-c3ccc(N(c4cccc(-c5cccc6c5c5ccc(-c7ccc(-c8ccc(N(c9cccc(-c%10cccc%11c%10c%10ccccc%10n%11-c%10ccccc%10)c9)c9c(-c%10ccccc%10)c%10ccccc%10c%10ccccc9%10)cc8)cc7)cc5n6-c5ccccc5)c4)c4c(-c5ccccc5)c5ccccc5c5ccccc45)cc3)cc2)cc1. The lowest BCUT2D eigenvalue weighted by atomic mass is 9.89. The molecule has 4 heteroatoms. The lowest BCUT2D eigenvalue weighted by Crippen LogP contribution is -2.12. The first-order chi connectivity index (χ1) is 60.6. The minimum Gasteiger partial charge on any atom is -0.309 e. The van der Waals surface area contributed by atoms with Crippen molar-refractivity contribution in [3.8, 4) is 100 Å². The van der Waals surface area contributed by atoms with Crippen LogP contribution in [-0.2, 0) is 0 Å². The van der Waals surface area contributed by atoms with Gasteiger partial charge in [0.1, 0.15) is 0 Å². The van der Waals surface area contributed by atoms with Crippen LogP contribution >= 0.6 is 0 Å². The highest BCUT2D eigenvalue weighted by Crippen LogP contribution is 2.54. The highest BCUT2D eigenvalue weighted by molar-refractivity contribution is 6.25. The summed E-state index contributed by atoms with van der Waals surface area (Å²) in [6, 6.07) is 175. The molecule has 23 aromatic rings. The fourth-order valence-electron chi connectivity index (χ4n) is 19.3. The maximum Gasteiger partial charge on any atom is 0.0624 e. The molecular weight excluding hydrogens is 1470 g/mol. The number of fused-ring (bicyclic) bond motifs is 12. The summed E-state index contributed by atoms with van der Waals surface area (Å²) in [5.74, 6) is 0. The van der Waals surface area contributed by atoms with Crippen molar-refractivity contribution in [1.82, 2.24) is 9.13 Å². The molecule has 21 aromatic carbocycles. The van der Waals surface area contributed by atoms with Gasteiger partial charge >= 0.3 is 0 Å². The Kier molecular flexibility index (Phi) is 17.6. The van der Waals surface area contributed by atoms with E-state index in [0.29, 0.717) is 0 Å². The number of aromatic nitrogens is 2. The molecule has 0 amide bonds. The predicted molar refractivity (Wildman–Crippen MR) is 518 cm³/mol. The van der Waals surface area contributed by atoms with Gasteiger partial charge in [-0.15, -0.1) is 0 Å². The smallest absolute Gasteiger partial charge is 0.0624 e. The van der Waals surface area contributed by atoms with Gasteiger partial charge in [-0.25, -0.2) is 0 Å². The molecule has 0 bridgehead atoms. The van der Waals surface area contributed by atoms with Crippen LogP contribution in [0.3, 0.4) is 0 Å². The number of nitrogens with zero attached hydrogens (tertiary/aromatic N) is 4. The van der Waals surface area contributed by atoms with Crippen LogP contribution in [0.2, 0.25) is 0 Å². The van der Waals surface area contributed by atoms with Crippen molar-refractivity contribution in [3.05, 3.63) is 473 Å². The molecule has 0 aliphatic rings. The minimum atomic E-state index is 1.05. The molecule has 122 heavy (non-hydrogen) atoms. The molecule has 0 radical (unpaired) electrons. The monoisotopic (exact) mass is 1550 g/mol. The first-order valence-corrected chi connectivity index (χ1v) is 42.0. The molecule has 0 atom stereocenters. The summed E-state index contributed by atoms with van der Waals surface area (Å²) in [7, 11) is 0. The Hall–Kier alpha value is -16.1. The van der Waals surface area contributed by atoms with Crippen molar-refractivity contribution < 1.29 is 0 Å². The van der Waals surface area contributed by atoms with Gasteiger partial charge in [-0.3, -0.25) is 0 Å². The van der Waals surface area contributed by atoms with Crippen molar-refractivity contribution >= 4 is 121 Å². The van der Waals surface area contributed by atoms with E-state index in [9.17, 15) is 0 Å². The average molecular weight is 1550 g/mol. The first kappa shape index (κ1) is 71.2. The van der Waals surface area contributed by atoms with Crippen LogP contribution in [0.5, 0.6) is 0 Å². The van der Waals surface area contributed by atoms with Gasteiger partial charge in [0.2, 0.25) is 0 Å². The summed E-state index contributed by atoms with van der Waals surface area (Å²) in [6.45, 7) is 0. The zero-order chi connectivity index (χ0) is 80.6. The van der Waals surface area contributed by atoms with E-state index >= 15 is 0 Å². The fourth-order valence-corrected chi connectivity index (χ4v) is 19.3. The van der Waals surface area contributed by atoms with Crippen LogP contribution in [0, 0.1) is 0 Å². The summed E-state index contributed by atoms with van der Waals surface area (Å²) >= 11 is 0. The van der Waals surface area contributed by atoms with E-state index in [-0.39, 0.29) is 0 Å². The maximum absolute atomic E-state index is 2.52. The molecule has 0 N–H and O–H groups in total. The number of hydrogen-bond donors (Lipinski definition) is 0. The second-order valence-electron chi connectivity index (χ2n) is 31.7. The van der Waals surface area contributed by atoms with Crippen molar-refractivity contribution in [2.75, 3.05) is 9.80 Å². The first-order valence-electron chi connectivity index (χ1n) is 42.0. The van der Waals surface area contributed by atoms with E-state index in [1.165, 1.54) is 109 Å². The van der Waals surface area contributed by atoms with E-state index < -0.39 is 0 Å². The summed E-state index contributed by atoms with van der Waals surface area (Å²) in [5, 5.41) is 14.4. The Balaban J connectivity index is 0.632. The Morgan fingerprint density at radius 1 is 0.148 bits per heavy atom. The number of benzene rings is 21. The molecule has 0 saturated heterocycles. The van der Waals surface area contributed by atoms with Gasteiger partial charge in [0.25, 0.3) is 0 Å². The van der Waals surface area contributed by atoms with Gasteiger partial charge in [0.15, 0.2) is 0 Å².